The predicted molar refractivity (Wildman–Crippen MR) is 114 cm³/mol. The molecule has 0 saturated carbocycles. The number of benzene rings is 1. The van der Waals surface area contributed by atoms with E-state index in [9.17, 15) is 0 Å². The topological polar surface area (TPSA) is 52.1 Å². The van der Waals surface area contributed by atoms with Crippen LogP contribution >= 0.6 is 11.6 Å². The lowest BCUT2D eigenvalue weighted by Gasteiger charge is -2.33. The molecular weight excluding hydrogens is 362 g/mol. The molecule has 1 saturated heterocycles. The number of likely N-dealkylation sites (N-methyl/N-ethyl adjacent to an activating group) is 1. The number of rotatable bonds is 9. The van der Waals surface area contributed by atoms with E-state index in [1.54, 1.807) is 7.11 Å². The molecule has 0 bridgehead atoms. The first-order valence-electron chi connectivity index (χ1n) is 9.95. The monoisotopic (exact) mass is 395 g/mol. The molecule has 1 heterocycles. The summed E-state index contributed by atoms with van der Waals surface area (Å²) in [6.07, 6.45) is 0.840. The number of hydrogen-bond acceptors (Lipinski definition) is 4. The first-order valence-corrected chi connectivity index (χ1v) is 10.3. The van der Waals surface area contributed by atoms with Gasteiger partial charge in [-0.15, -0.1) is 0 Å². The van der Waals surface area contributed by atoms with Crippen molar-refractivity contribution < 1.29 is 4.74 Å². The Labute approximate surface area is 168 Å². The van der Waals surface area contributed by atoms with Crippen LogP contribution in [0.5, 0.6) is 5.75 Å². The number of ether oxygens (including phenoxy) is 1. The van der Waals surface area contributed by atoms with Crippen LogP contribution in [0.15, 0.2) is 23.2 Å². The first kappa shape index (κ1) is 21.8. The van der Waals surface area contributed by atoms with Gasteiger partial charge in [-0.2, -0.15) is 0 Å². The minimum Gasteiger partial charge on any atom is -0.497 e. The molecule has 7 heteroatoms. The summed E-state index contributed by atoms with van der Waals surface area (Å²) in [4.78, 5) is 9.71. The van der Waals surface area contributed by atoms with E-state index in [-0.39, 0.29) is 0 Å². The van der Waals surface area contributed by atoms with Gasteiger partial charge in [-0.05, 0) is 37.6 Å². The summed E-state index contributed by atoms with van der Waals surface area (Å²) >= 11 is 6.31. The van der Waals surface area contributed by atoms with E-state index in [1.165, 1.54) is 13.1 Å². The largest absolute Gasteiger partial charge is 0.497 e. The highest BCUT2D eigenvalue weighted by Gasteiger charge is 2.14. The highest BCUT2D eigenvalue weighted by molar-refractivity contribution is 6.31. The maximum atomic E-state index is 6.31. The molecule has 152 valence electrons. The zero-order valence-corrected chi connectivity index (χ0v) is 17.7. The standard InChI is InChI=1S/C20H34ClN5O/c1-4-22-20(24-10-11-26-14-12-25(5-2)13-15-26)23-9-8-17-6-7-18(27-3)16-19(17)21/h6-7,16H,4-5,8-15H2,1-3H3,(H2,22,23,24). The van der Waals surface area contributed by atoms with E-state index in [0.717, 1.165) is 74.5 Å². The van der Waals surface area contributed by atoms with Gasteiger partial charge in [-0.1, -0.05) is 24.6 Å². The van der Waals surface area contributed by atoms with E-state index in [1.807, 2.05) is 18.2 Å². The SMILES string of the molecule is CCNC(=NCCN1CCN(CC)CC1)NCCc1ccc(OC)cc1Cl. The Kier molecular flexibility index (Phi) is 9.73. The molecule has 6 nitrogen and oxygen atoms in total. The molecular formula is C20H34ClN5O. The lowest BCUT2D eigenvalue weighted by atomic mass is 10.1. The van der Waals surface area contributed by atoms with Gasteiger partial charge < -0.3 is 20.3 Å². The van der Waals surface area contributed by atoms with Crippen molar-refractivity contribution in [3.8, 4) is 5.75 Å². The molecule has 0 spiro atoms. The van der Waals surface area contributed by atoms with Crippen molar-refractivity contribution in [3.05, 3.63) is 28.8 Å². The average molecular weight is 396 g/mol. The molecule has 0 atom stereocenters. The number of guanidine groups is 1. The van der Waals surface area contributed by atoms with Crippen molar-refractivity contribution in [2.75, 3.05) is 66.0 Å². The quantitative estimate of drug-likeness (QED) is 0.495. The number of aliphatic imine (C=N–C) groups is 1. The summed E-state index contributed by atoms with van der Waals surface area (Å²) in [5.74, 6) is 1.65. The van der Waals surface area contributed by atoms with Crippen LogP contribution < -0.4 is 15.4 Å². The minimum absolute atomic E-state index is 0.740. The van der Waals surface area contributed by atoms with Crippen LogP contribution in [0.3, 0.4) is 0 Å². The minimum atomic E-state index is 0.740. The number of nitrogens with one attached hydrogen (secondary N) is 2. The Bertz CT molecular complexity index is 588. The van der Waals surface area contributed by atoms with Gasteiger partial charge in [0.1, 0.15) is 5.75 Å². The highest BCUT2D eigenvalue weighted by atomic mass is 35.5. The fourth-order valence-electron chi connectivity index (χ4n) is 3.15. The van der Waals surface area contributed by atoms with Gasteiger partial charge >= 0.3 is 0 Å². The zero-order valence-electron chi connectivity index (χ0n) is 16.9. The Hall–Kier alpha value is -1.50. The van der Waals surface area contributed by atoms with Gasteiger partial charge in [0.05, 0.1) is 13.7 Å². The van der Waals surface area contributed by atoms with Crippen LogP contribution in [0.1, 0.15) is 19.4 Å². The summed E-state index contributed by atoms with van der Waals surface area (Å²) in [5.41, 5.74) is 1.11. The van der Waals surface area contributed by atoms with Crippen LogP contribution in [0.2, 0.25) is 5.02 Å². The van der Waals surface area contributed by atoms with E-state index >= 15 is 0 Å². The summed E-state index contributed by atoms with van der Waals surface area (Å²) in [6.45, 7) is 13.5. The van der Waals surface area contributed by atoms with Gasteiger partial charge in [0.15, 0.2) is 5.96 Å². The van der Waals surface area contributed by atoms with Crippen LogP contribution in [0, 0.1) is 0 Å². The molecule has 0 radical (unpaired) electrons. The molecule has 27 heavy (non-hydrogen) atoms. The summed E-state index contributed by atoms with van der Waals surface area (Å²) in [7, 11) is 1.65. The summed E-state index contributed by atoms with van der Waals surface area (Å²) < 4.78 is 5.20. The summed E-state index contributed by atoms with van der Waals surface area (Å²) in [6, 6.07) is 5.82. The smallest absolute Gasteiger partial charge is 0.191 e. The molecule has 0 aromatic heterocycles. The van der Waals surface area contributed by atoms with Crippen molar-refractivity contribution in [3.63, 3.8) is 0 Å². The molecule has 0 aliphatic carbocycles. The normalized spacial score (nSPS) is 16.4. The lowest BCUT2D eigenvalue weighted by molar-refractivity contribution is 0.140. The molecule has 1 aliphatic rings. The van der Waals surface area contributed by atoms with Gasteiger partial charge in [-0.3, -0.25) is 9.89 Å². The predicted octanol–water partition coefficient (Wildman–Crippen LogP) is 2.08. The fourth-order valence-corrected chi connectivity index (χ4v) is 3.41. The molecule has 1 aromatic rings. The second kappa shape index (κ2) is 12.1. The van der Waals surface area contributed by atoms with Crippen LogP contribution in [-0.4, -0.2) is 81.8 Å². The average Bonchev–Trinajstić information content (AvgIpc) is 2.69. The number of methoxy groups -OCH3 is 1. The third-order valence-corrected chi connectivity index (χ3v) is 5.24. The fraction of sp³-hybridized carbons (Fsp3) is 0.650. The van der Waals surface area contributed by atoms with Gasteiger partial charge in [0.2, 0.25) is 0 Å². The Morgan fingerprint density at radius 3 is 2.52 bits per heavy atom. The van der Waals surface area contributed by atoms with E-state index in [2.05, 4.69) is 34.3 Å². The van der Waals surface area contributed by atoms with Crippen molar-refractivity contribution in [1.82, 2.24) is 20.4 Å². The van der Waals surface area contributed by atoms with Gasteiger partial charge in [0.25, 0.3) is 0 Å². The Balaban J connectivity index is 1.75. The molecule has 0 unspecified atom stereocenters. The number of hydrogen-bond donors (Lipinski definition) is 2. The zero-order chi connectivity index (χ0) is 19.5. The van der Waals surface area contributed by atoms with Crippen LogP contribution in [0.25, 0.3) is 0 Å². The number of piperazine rings is 1. The van der Waals surface area contributed by atoms with Crippen LogP contribution in [0.4, 0.5) is 0 Å². The second-order valence-corrected chi connectivity index (χ2v) is 7.08. The molecule has 1 fully saturated rings. The Morgan fingerprint density at radius 1 is 1.15 bits per heavy atom. The molecule has 0 amide bonds. The van der Waals surface area contributed by atoms with Crippen molar-refractivity contribution in [2.24, 2.45) is 4.99 Å². The number of halogens is 1. The van der Waals surface area contributed by atoms with Gasteiger partial charge in [-0.25, -0.2) is 0 Å². The Morgan fingerprint density at radius 2 is 1.89 bits per heavy atom. The molecule has 1 aliphatic heterocycles. The van der Waals surface area contributed by atoms with E-state index in [0.29, 0.717) is 0 Å². The number of nitrogens with zero attached hydrogens (tertiary/aromatic N) is 3. The van der Waals surface area contributed by atoms with Crippen LogP contribution in [-0.2, 0) is 6.42 Å². The highest BCUT2D eigenvalue weighted by Crippen LogP contribution is 2.22. The first-order chi connectivity index (χ1) is 13.2. The van der Waals surface area contributed by atoms with E-state index in [4.69, 9.17) is 21.3 Å². The molecule has 2 rings (SSSR count). The maximum absolute atomic E-state index is 6.31. The van der Waals surface area contributed by atoms with Gasteiger partial charge in [0, 0.05) is 50.8 Å². The third kappa shape index (κ3) is 7.56. The van der Waals surface area contributed by atoms with Crippen molar-refractivity contribution >= 4 is 17.6 Å². The third-order valence-electron chi connectivity index (χ3n) is 4.89. The lowest BCUT2D eigenvalue weighted by Crippen LogP contribution is -2.47. The maximum Gasteiger partial charge on any atom is 0.191 e. The second-order valence-electron chi connectivity index (χ2n) is 6.67. The molecule has 1 aromatic carbocycles. The molecule has 2 N–H and O–H groups in total. The summed E-state index contributed by atoms with van der Waals surface area (Å²) in [5, 5.41) is 7.46. The van der Waals surface area contributed by atoms with Crippen molar-refractivity contribution in [2.45, 2.75) is 20.3 Å². The van der Waals surface area contributed by atoms with E-state index < -0.39 is 0 Å². The van der Waals surface area contributed by atoms with Crippen molar-refractivity contribution in [1.29, 1.82) is 0 Å².